The average molecular weight is 291 g/mol. The van der Waals surface area contributed by atoms with Crippen molar-refractivity contribution in [3.8, 4) is 0 Å². The summed E-state index contributed by atoms with van der Waals surface area (Å²) in [6.07, 6.45) is 2.01. The van der Waals surface area contributed by atoms with Crippen molar-refractivity contribution in [1.29, 1.82) is 0 Å². The Labute approximate surface area is 124 Å². The maximum Gasteiger partial charge on any atom is 0.408 e. The zero-order chi connectivity index (χ0) is 15.3. The van der Waals surface area contributed by atoms with Crippen molar-refractivity contribution < 1.29 is 19.4 Å². The molecular weight excluding hydrogens is 270 g/mol. The Morgan fingerprint density at radius 2 is 2.10 bits per heavy atom. The molecule has 1 aromatic carbocycles. The Kier molecular flexibility index (Phi) is 4.83. The smallest absolute Gasteiger partial charge is 0.408 e. The van der Waals surface area contributed by atoms with Gasteiger partial charge in [-0.25, -0.2) is 9.59 Å². The Bertz CT molecular complexity index is 502. The molecule has 2 unspecified atom stereocenters. The van der Waals surface area contributed by atoms with Gasteiger partial charge in [-0.15, -0.1) is 0 Å². The van der Waals surface area contributed by atoms with E-state index in [0.717, 1.165) is 18.4 Å². The minimum Gasteiger partial charge on any atom is -0.480 e. The van der Waals surface area contributed by atoms with Gasteiger partial charge in [0.1, 0.15) is 12.1 Å². The number of benzene rings is 1. The van der Waals surface area contributed by atoms with E-state index >= 15 is 0 Å². The molecule has 0 aromatic heterocycles. The first-order valence-electron chi connectivity index (χ1n) is 7.28. The van der Waals surface area contributed by atoms with Crippen LogP contribution in [0.2, 0.25) is 0 Å². The molecule has 2 rings (SSSR count). The summed E-state index contributed by atoms with van der Waals surface area (Å²) in [6.45, 7) is 2.18. The molecule has 0 spiro atoms. The normalized spacial score (nSPS) is 24.5. The van der Waals surface area contributed by atoms with Crippen LogP contribution in [-0.2, 0) is 16.1 Å². The first-order valence-corrected chi connectivity index (χ1v) is 7.28. The van der Waals surface area contributed by atoms with Gasteiger partial charge in [0.2, 0.25) is 0 Å². The molecule has 114 valence electrons. The van der Waals surface area contributed by atoms with Crippen molar-refractivity contribution >= 4 is 12.1 Å². The van der Waals surface area contributed by atoms with E-state index in [-0.39, 0.29) is 6.61 Å². The number of aliphatic carboxylic acids is 1. The second-order valence-corrected chi connectivity index (χ2v) is 5.59. The van der Waals surface area contributed by atoms with E-state index in [1.54, 1.807) is 0 Å². The number of hydrogen-bond donors (Lipinski definition) is 2. The van der Waals surface area contributed by atoms with Gasteiger partial charge in [0.15, 0.2) is 0 Å². The Hall–Kier alpha value is -2.04. The molecular formula is C16H21NO4. The number of carboxylic acid groups (broad SMARTS) is 1. The number of hydrogen-bond acceptors (Lipinski definition) is 3. The lowest BCUT2D eigenvalue weighted by Crippen LogP contribution is -2.52. The van der Waals surface area contributed by atoms with Crippen LogP contribution in [0.25, 0.3) is 0 Å². The topological polar surface area (TPSA) is 75.6 Å². The molecule has 1 aromatic rings. The van der Waals surface area contributed by atoms with Crippen molar-refractivity contribution in [1.82, 2.24) is 5.32 Å². The van der Waals surface area contributed by atoms with E-state index in [2.05, 4.69) is 5.32 Å². The minimum absolute atomic E-state index is 0.138. The number of carbonyl (C=O) groups is 2. The van der Waals surface area contributed by atoms with Crippen LogP contribution in [0.15, 0.2) is 30.3 Å². The highest BCUT2D eigenvalue weighted by atomic mass is 16.5. The maximum absolute atomic E-state index is 11.9. The summed E-state index contributed by atoms with van der Waals surface area (Å²) in [4.78, 5) is 23.4. The molecule has 1 saturated carbocycles. The average Bonchev–Trinajstić information content (AvgIpc) is 2.91. The summed E-state index contributed by atoms with van der Waals surface area (Å²) in [7, 11) is 0. The lowest BCUT2D eigenvalue weighted by Gasteiger charge is -2.25. The highest BCUT2D eigenvalue weighted by Crippen LogP contribution is 2.36. The number of ether oxygens (including phenoxy) is 1. The standard InChI is InChI=1S/C16H21NO4/c1-2-12-8-9-16(10-12,14(18)19)17-15(20)21-11-13-6-4-3-5-7-13/h3-7,12H,2,8-11H2,1H3,(H,17,20)(H,18,19). The molecule has 2 N–H and O–H groups in total. The first-order chi connectivity index (χ1) is 10.1. The zero-order valence-electron chi connectivity index (χ0n) is 12.2. The van der Waals surface area contributed by atoms with Crippen LogP contribution >= 0.6 is 0 Å². The molecule has 1 fully saturated rings. The van der Waals surface area contributed by atoms with E-state index in [1.807, 2.05) is 37.3 Å². The first kappa shape index (κ1) is 15.4. The van der Waals surface area contributed by atoms with E-state index in [9.17, 15) is 14.7 Å². The number of nitrogens with one attached hydrogen (secondary N) is 1. The highest BCUT2D eigenvalue weighted by molar-refractivity contribution is 5.84. The fourth-order valence-corrected chi connectivity index (χ4v) is 2.81. The molecule has 0 aliphatic heterocycles. The summed E-state index contributed by atoms with van der Waals surface area (Å²) in [6, 6.07) is 9.30. The number of alkyl carbamates (subject to hydrolysis) is 1. The fourth-order valence-electron chi connectivity index (χ4n) is 2.81. The summed E-state index contributed by atoms with van der Waals surface area (Å²) >= 11 is 0. The molecule has 5 nitrogen and oxygen atoms in total. The van der Waals surface area contributed by atoms with Gasteiger partial charge in [0.25, 0.3) is 0 Å². The van der Waals surface area contributed by atoms with Crippen molar-refractivity contribution in [2.45, 2.75) is 44.8 Å². The molecule has 0 saturated heterocycles. The Morgan fingerprint density at radius 1 is 1.38 bits per heavy atom. The Morgan fingerprint density at radius 3 is 2.67 bits per heavy atom. The number of carboxylic acids is 1. The summed E-state index contributed by atoms with van der Waals surface area (Å²) in [5.41, 5.74) is -0.302. The van der Waals surface area contributed by atoms with Crippen LogP contribution < -0.4 is 5.32 Å². The second-order valence-electron chi connectivity index (χ2n) is 5.59. The molecule has 0 bridgehead atoms. The van der Waals surface area contributed by atoms with Crippen molar-refractivity contribution in [2.75, 3.05) is 0 Å². The van der Waals surface area contributed by atoms with Gasteiger partial charge >= 0.3 is 12.1 Å². The summed E-state index contributed by atoms with van der Waals surface area (Å²) in [5, 5.41) is 12.0. The van der Waals surface area contributed by atoms with Gasteiger partial charge < -0.3 is 15.2 Å². The fraction of sp³-hybridized carbons (Fsp3) is 0.500. The molecule has 5 heteroatoms. The van der Waals surface area contributed by atoms with E-state index in [1.165, 1.54) is 0 Å². The SMILES string of the molecule is CCC1CCC(NC(=O)OCc2ccccc2)(C(=O)O)C1. The van der Waals surface area contributed by atoms with Crippen molar-refractivity contribution in [3.05, 3.63) is 35.9 Å². The monoisotopic (exact) mass is 291 g/mol. The summed E-state index contributed by atoms with van der Waals surface area (Å²) < 4.78 is 5.12. The quantitative estimate of drug-likeness (QED) is 0.874. The second kappa shape index (κ2) is 6.61. The molecule has 0 radical (unpaired) electrons. The van der Waals surface area contributed by atoms with Crippen LogP contribution in [0.1, 0.15) is 38.2 Å². The molecule has 0 heterocycles. The maximum atomic E-state index is 11.9. The van der Waals surface area contributed by atoms with Gasteiger partial charge in [0.05, 0.1) is 0 Å². The summed E-state index contributed by atoms with van der Waals surface area (Å²) in [5.74, 6) is -0.634. The number of amides is 1. The van der Waals surface area contributed by atoms with Crippen LogP contribution in [0.4, 0.5) is 4.79 Å². The predicted octanol–water partition coefficient (Wildman–Crippen LogP) is 2.95. The van der Waals surface area contributed by atoms with E-state index in [0.29, 0.717) is 18.8 Å². The third-order valence-electron chi connectivity index (χ3n) is 4.16. The molecule has 1 amide bonds. The van der Waals surface area contributed by atoms with E-state index < -0.39 is 17.6 Å². The van der Waals surface area contributed by atoms with Gasteiger partial charge in [-0.3, -0.25) is 0 Å². The van der Waals surface area contributed by atoms with Crippen LogP contribution in [-0.4, -0.2) is 22.7 Å². The van der Waals surface area contributed by atoms with Gasteiger partial charge in [-0.1, -0.05) is 43.7 Å². The lowest BCUT2D eigenvalue weighted by molar-refractivity contribution is -0.144. The lowest BCUT2D eigenvalue weighted by atomic mass is 9.95. The third-order valence-corrected chi connectivity index (χ3v) is 4.16. The highest BCUT2D eigenvalue weighted by Gasteiger charge is 2.46. The third kappa shape index (κ3) is 3.74. The number of carbonyl (C=O) groups excluding carboxylic acids is 1. The van der Waals surface area contributed by atoms with Crippen LogP contribution in [0, 0.1) is 5.92 Å². The van der Waals surface area contributed by atoms with Gasteiger partial charge in [-0.2, -0.15) is 0 Å². The molecule has 2 atom stereocenters. The largest absolute Gasteiger partial charge is 0.480 e. The molecule has 1 aliphatic rings. The molecule has 1 aliphatic carbocycles. The Balaban J connectivity index is 1.92. The number of rotatable bonds is 5. The van der Waals surface area contributed by atoms with Crippen molar-refractivity contribution in [3.63, 3.8) is 0 Å². The minimum atomic E-state index is -1.17. The van der Waals surface area contributed by atoms with Crippen molar-refractivity contribution in [2.24, 2.45) is 5.92 Å². The van der Waals surface area contributed by atoms with Gasteiger partial charge in [0, 0.05) is 0 Å². The van der Waals surface area contributed by atoms with Crippen LogP contribution in [0.3, 0.4) is 0 Å². The van der Waals surface area contributed by atoms with Gasteiger partial charge in [-0.05, 0) is 30.7 Å². The molecule has 21 heavy (non-hydrogen) atoms. The van der Waals surface area contributed by atoms with Crippen LogP contribution in [0.5, 0.6) is 0 Å². The zero-order valence-corrected chi connectivity index (χ0v) is 12.2. The predicted molar refractivity (Wildman–Crippen MR) is 77.8 cm³/mol. The van der Waals surface area contributed by atoms with E-state index in [4.69, 9.17) is 4.74 Å².